The quantitative estimate of drug-likeness (QED) is 0.844. The summed E-state index contributed by atoms with van der Waals surface area (Å²) >= 11 is 0. The maximum atomic E-state index is 5.93. The monoisotopic (exact) mass is 264 g/mol. The Morgan fingerprint density at radius 1 is 1.44 bits per heavy atom. The van der Waals surface area contributed by atoms with Crippen molar-refractivity contribution in [1.29, 1.82) is 0 Å². The maximum Gasteiger partial charge on any atom is 0.201 e. The van der Waals surface area contributed by atoms with Crippen LogP contribution >= 0.6 is 9.24 Å². The van der Waals surface area contributed by atoms with Gasteiger partial charge in [0.05, 0.1) is 0 Å². The standard InChI is InChI=1S/C14H21N2OP/c1-4-14(2,7-8-15-3)13-16-11-9-10(18)5-6-12(11)17-13/h5-6,9,15H,4,7-8,18H2,1-3H3. The summed E-state index contributed by atoms with van der Waals surface area (Å²) in [5.41, 5.74) is 1.82. The molecule has 2 rings (SSSR count). The highest BCUT2D eigenvalue weighted by Crippen LogP contribution is 2.32. The molecular formula is C14H21N2OP. The summed E-state index contributed by atoms with van der Waals surface area (Å²) in [6.07, 6.45) is 2.05. The van der Waals surface area contributed by atoms with Crippen molar-refractivity contribution in [3.05, 3.63) is 24.1 Å². The van der Waals surface area contributed by atoms with Crippen LogP contribution in [0.15, 0.2) is 22.6 Å². The number of benzene rings is 1. The van der Waals surface area contributed by atoms with Crippen LogP contribution in [0.5, 0.6) is 0 Å². The van der Waals surface area contributed by atoms with Crippen LogP contribution in [-0.4, -0.2) is 18.6 Å². The van der Waals surface area contributed by atoms with Crippen LogP contribution in [0.25, 0.3) is 11.1 Å². The van der Waals surface area contributed by atoms with Crippen LogP contribution in [0.2, 0.25) is 0 Å². The minimum atomic E-state index is 0.00305. The average molecular weight is 264 g/mol. The van der Waals surface area contributed by atoms with Crippen molar-refractivity contribution in [3.8, 4) is 0 Å². The van der Waals surface area contributed by atoms with Gasteiger partial charge >= 0.3 is 0 Å². The van der Waals surface area contributed by atoms with Crippen molar-refractivity contribution in [3.63, 3.8) is 0 Å². The van der Waals surface area contributed by atoms with Gasteiger partial charge in [-0.1, -0.05) is 19.9 Å². The molecule has 1 aromatic carbocycles. The van der Waals surface area contributed by atoms with E-state index in [1.54, 1.807) is 0 Å². The van der Waals surface area contributed by atoms with Crippen molar-refractivity contribution < 1.29 is 4.42 Å². The van der Waals surface area contributed by atoms with E-state index in [1.807, 2.05) is 25.2 Å². The van der Waals surface area contributed by atoms with Gasteiger partial charge in [0.1, 0.15) is 5.52 Å². The number of fused-ring (bicyclic) bond motifs is 1. The van der Waals surface area contributed by atoms with Gasteiger partial charge in [-0.3, -0.25) is 0 Å². The highest BCUT2D eigenvalue weighted by molar-refractivity contribution is 7.27. The fourth-order valence-electron chi connectivity index (χ4n) is 2.04. The molecule has 1 N–H and O–H groups in total. The highest BCUT2D eigenvalue weighted by atomic mass is 31.0. The molecule has 0 saturated carbocycles. The lowest BCUT2D eigenvalue weighted by molar-refractivity contribution is 0.322. The summed E-state index contributed by atoms with van der Waals surface area (Å²) in [6, 6.07) is 6.06. The van der Waals surface area contributed by atoms with Gasteiger partial charge in [-0.15, -0.1) is 9.24 Å². The molecule has 0 bridgehead atoms. The van der Waals surface area contributed by atoms with Crippen LogP contribution in [0, 0.1) is 0 Å². The molecule has 0 aliphatic carbocycles. The van der Waals surface area contributed by atoms with E-state index >= 15 is 0 Å². The Balaban J connectivity index is 2.39. The Morgan fingerprint density at radius 3 is 2.89 bits per heavy atom. The molecule has 2 aromatic rings. The Bertz CT molecular complexity index is 538. The van der Waals surface area contributed by atoms with Crippen molar-refractivity contribution in [2.75, 3.05) is 13.6 Å². The first-order chi connectivity index (χ1) is 8.59. The van der Waals surface area contributed by atoms with Crippen molar-refractivity contribution in [2.24, 2.45) is 0 Å². The van der Waals surface area contributed by atoms with E-state index in [1.165, 1.54) is 0 Å². The molecule has 0 spiro atoms. The second kappa shape index (κ2) is 5.38. The second-order valence-electron chi connectivity index (χ2n) is 5.01. The number of nitrogens with zero attached hydrogens (tertiary/aromatic N) is 1. The van der Waals surface area contributed by atoms with Gasteiger partial charge in [0.25, 0.3) is 0 Å². The first kappa shape index (κ1) is 13.5. The van der Waals surface area contributed by atoms with E-state index in [2.05, 4.69) is 33.4 Å². The SMILES string of the molecule is CCC(C)(CCNC)c1nc2cc(P)ccc2o1. The van der Waals surface area contributed by atoms with E-state index in [9.17, 15) is 0 Å². The Labute approximate surface area is 111 Å². The number of oxazole rings is 1. The molecule has 98 valence electrons. The predicted molar refractivity (Wildman–Crippen MR) is 79.5 cm³/mol. The van der Waals surface area contributed by atoms with Gasteiger partial charge in [-0.2, -0.15) is 0 Å². The summed E-state index contributed by atoms with van der Waals surface area (Å²) in [6.45, 7) is 5.38. The summed E-state index contributed by atoms with van der Waals surface area (Å²) in [5.74, 6) is 0.853. The fraction of sp³-hybridized carbons (Fsp3) is 0.500. The molecule has 0 radical (unpaired) electrons. The predicted octanol–water partition coefficient (Wildman–Crippen LogP) is 2.61. The number of rotatable bonds is 5. The molecule has 2 unspecified atom stereocenters. The zero-order valence-electron chi connectivity index (χ0n) is 11.3. The van der Waals surface area contributed by atoms with Crippen LogP contribution in [0.3, 0.4) is 0 Å². The second-order valence-corrected chi connectivity index (χ2v) is 5.68. The fourth-order valence-corrected chi connectivity index (χ4v) is 2.29. The Hall–Kier alpha value is -0.920. The molecule has 1 heterocycles. The first-order valence-electron chi connectivity index (χ1n) is 6.40. The van der Waals surface area contributed by atoms with Crippen LogP contribution < -0.4 is 10.6 Å². The summed E-state index contributed by atoms with van der Waals surface area (Å²) in [4.78, 5) is 4.66. The van der Waals surface area contributed by atoms with E-state index in [4.69, 9.17) is 4.42 Å². The van der Waals surface area contributed by atoms with E-state index < -0.39 is 0 Å². The summed E-state index contributed by atoms with van der Waals surface area (Å²) in [5, 5.41) is 4.33. The number of hydrogen-bond acceptors (Lipinski definition) is 3. The lowest BCUT2D eigenvalue weighted by atomic mass is 9.84. The van der Waals surface area contributed by atoms with Gasteiger partial charge < -0.3 is 9.73 Å². The van der Waals surface area contributed by atoms with Crippen LogP contribution in [0.4, 0.5) is 0 Å². The third kappa shape index (κ3) is 2.57. The van der Waals surface area contributed by atoms with Crippen molar-refractivity contribution >= 4 is 25.6 Å². The topological polar surface area (TPSA) is 38.1 Å². The number of aromatic nitrogens is 1. The molecule has 0 aliphatic rings. The lowest BCUT2D eigenvalue weighted by Crippen LogP contribution is -2.26. The molecule has 4 heteroatoms. The minimum Gasteiger partial charge on any atom is -0.440 e. The normalized spacial score (nSPS) is 14.9. The van der Waals surface area contributed by atoms with Gasteiger partial charge in [0, 0.05) is 5.41 Å². The van der Waals surface area contributed by atoms with Gasteiger partial charge in [-0.05, 0) is 43.9 Å². The molecule has 0 fully saturated rings. The lowest BCUT2D eigenvalue weighted by Gasteiger charge is -2.24. The molecule has 0 aliphatic heterocycles. The highest BCUT2D eigenvalue weighted by Gasteiger charge is 2.29. The summed E-state index contributed by atoms with van der Waals surface area (Å²) < 4.78 is 5.93. The molecule has 0 saturated heterocycles. The third-order valence-corrected chi connectivity index (χ3v) is 3.99. The Morgan fingerprint density at radius 2 is 2.22 bits per heavy atom. The zero-order valence-corrected chi connectivity index (χ0v) is 12.4. The average Bonchev–Trinajstić information content (AvgIpc) is 2.79. The van der Waals surface area contributed by atoms with Crippen LogP contribution in [-0.2, 0) is 5.41 Å². The van der Waals surface area contributed by atoms with Gasteiger partial charge in [-0.25, -0.2) is 4.98 Å². The first-order valence-corrected chi connectivity index (χ1v) is 6.98. The van der Waals surface area contributed by atoms with Gasteiger partial charge in [0.15, 0.2) is 5.58 Å². The minimum absolute atomic E-state index is 0.00305. The Kier molecular flexibility index (Phi) is 4.04. The molecule has 18 heavy (non-hydrogen) atoms. The van der Waals surface area contributed by atoms with Crippen molar-refractivity contribution in [1.82, 2.24) is 10.3 Å². The molecular weight excluding hydrogens is 243 g/mol. The summed E-state index contributed by atoms with van der Waals surface area (Å²) in [7, 11) is 4.67. The van der Waals surface area contributed by atoms with Crippen LogP contribution in [0.1, 0.15) is 32.6 Å². The van der Waals surface area contributed by atoms with Gasteiger partial charge in [0.2, 0.25) is 5.89 Å². The number of hydrogen-bond donors (Lipinski definition) is 1. The zero-order chi connectivity index (χ0) is 13.2. The van der Waals surface area contributed by atoms with Crippen molar-refractivity contribution in [2.45, 2.75) is 32.1 Å². The third-order valence-electron chi connectivity index (χ3n) is 3.64. The maximum absolute atomic E-state index is 5.93. The van der Waals surface area contributed by atoms with E-state index in [0.29, 0.717) is 0 Å². The molecule has 1 aromatic heterocycles. The smallest absolute Gasteiger partial charge is 0.201 e. The molecule has 3 nitrogen and oxygen atoms in total. The largest absolute Gasteiger partial charge is 0.440 e. The number of nitrogens with one attached hydrogen (secondary N) is 1. The molecule has 2 atom stereocenters. The van der Waals surface area contributed by atoms with E-state index in [0.717, 1.165) is 41.7 Å². The molecule has 0 amide bonds. The van der Waals surface area contributed by atoms with E-state index in [-0.39, 0.29) is 5.41 Å².